The molecule has 26 heavy (non-hydrogen) atoms. The molecule has 3 aromatic rings. The lowest BCUT2D eigenvalue weighted by Gasteiger charge is -2.12. The van der Waals surface area contributed by atoms with Crippen molar-refractivity contribution in [1.82, 2.24) is 14.6 Å². The van der Waals surface area contributed by atoms with E-state index in [1.165, 1.54) is 0 Å². The first-order chi connectivity index (χ1) is 12.5. The van der Waals surface area contributed by atoms with Crippen molar-refractivity contribution in [2.45, 2.75) is 0 Å². The summed E-state index contributed by atoms with van der Waals surface area (Å²) in [6, 6.07) is 7.24. The molecular formula is C17H13BrCl2N6. The molecule has 0 saturated heterocycles. The van der Waals surface area contributed by atoms with Crippen molar-refractivity contribution in [2.75, 3.05) is 12.4 Å². The highest BCUT2D eigenvalue weighted by atomic mass is 79.9. The lowest BCUT2D eigenvalue weighted by atomic mass is 10.1. The van der Waals surface area contributed by atoms with Gasteiger partial charge in [-0.1, -0.05) is 35.3 Å². The number of nitrogens with one attached hydrogen (secondary N) is 1. The van der Waals surface area contributed by atoms with Gasteiger partial charge in [0.15, 0.2) is 5.65 Å². The van der Waals surface area contributed by atoms with Gasteiger partial charge in [0.25, 0.3) is 0 Å². The van der Waals surface area contributed by atoms with Gasteiger partial charge in [0, 0.05) is 24.9 Å². The van der Waals surface area contributed by atoms with Gasteiger partial charge in [0.2, 0.25) is 0 Å². The molecule has 0 aliphatic heterocycles. The molecule has 2 heterocycles. The van der Waals surface area contributed by atoms with Crippen LogP contribution >= 0.6 is 39.1 Å². The third-order valence-electron chi connectivity index (χ3n) is 3.43. The summed E-state index contributed by atoms with van der Waals surface area (Å²) in [5.41, 5.74) is 2.63. The molecule has 0 aliphatic carbocycles. The molecule has 1 N–H and O–H groups in total. The highest BCUT2D eigenvalue weighted by Crippen LogP contribution is 2.34. The molecule has 3 rings (SSSR count). The lowest BCUT2D eigenvalue weighted by Crippen LogP contribution is -2.07. The first kappa shape index (κ1) is 18.6. The van der Waals surface area contributed by atoms with E-state index in [1.807, 2.05) is 18.2 Å². The zero-order valence-corrected chi connectivity index (χ0v) is 16.7. The third-order valence-corrected chi connectivity index (χ3v) is 4.81. The van der Waals surface area contributed by atoms with E-state index in [-0.39, 0.29) is 0 Å². The summed E-state index contributed by atoms with van der Waals surface area (Å²) in [6.07, 6.45) is 4.86. The van der Waals surface area contributed by atoms with Crippen LogP contribution in [0.4, 0.5) is 5.82 Å². The van der Waals surface area contributed by atoms with Gasteiger partial charge >= 0.3 is 0 Å². The van der Waals surface area contributed by atoms with E-state index in [4.69, 9.17) is 23.2 Å². The predicted octanol–water partition coefficient (Wildman–Crippen LogP) is 5.12. The summed E-state index contributed by atoms with van der Waals surface area (Å²) in [7, 11) is 1.67. The summed E-state index contributed by atoms with van der Waals surface area (Å²) in [5.74, 6) is 0.654. The SMILES string of the molecule is C=N/C=C(\C=NC)Nc1cc(-c2cccc(Cl)c2Cl)nc2c(Br)cnn12. The Kier molecular flexibility index (Phi) is 5.70. The van der Waals surface area contributed by atoms with Gasteiger partial charge in [-0.05, 0) is 28.7 Å². The summed E-state index contributed by atoms with van der Waals surface area (Å²) < 4.78 is 2.41. The maximum atomic E-state index is 6.37. The molecular weight excluding hydrogens is 439 g/mol. The molecule has 0 amide bonds. The van der Waals surface area contributed by atoms with E-state index < -0.39 is 0 Å². The minimum Gasteiger partial charge on any atom is -0.338 e. The summed E-state index contributed by atoms with van der Waals surface area (Å²) in [6.45, 7) is 3.47. The minimum absolute atomic E-state index is 0.436. The number of aromatic nitrogens is 3. The fourth-order valence-corrected chi connectivity index (χ4v) is 3.09. The fourth-order valence-electron chi connectivity index (χ4n) is 2.35. The quantitative estimate of drug-likeness (QED) is 0.547. The van der Waals surface area contributed by atoms with Crippen molar-refractivity contribution in [3.63, 3.8) is 0 Å². The number of benzene rings is 1. The van der Waals surface area contributed by atoms with Crippen LogP contribution in [0.25, 0.3) is 16.9 Å². The highest BCUT2D eigenvalue weighted by Gasteiger charge is 2.15. The summed E-state index contributed by atoms with van der Waals surface area (Å²) in [4.78, 5) is 12.4. The number of hydrogen-bond donors (Lipinski definition) is 1. The molecule has 1 aromatic carbocycles. The van der Waals surface area contributed by atoms with Gasteiger partial charge in [-0.2, -0.15) is 9.61 Å². The average Bonchev–Trinajstić information content (AvgIpc) is 2.99. The zero-order chi connectivity index (χ0) is 18.7. The van der Waals surface area contributed by atoms with Crippen LogP contribution in [0.5, 0.6) is 0 Å². The molecule has 9 heteroatoms. The minimum atomic E-state index is 0.436. The maximum absolute atomic E-state index is 6.37. The molecule has 0 bridgehead atoms. The van der Waals surface area contributed by atoms with E-state index in [0.717, 1.165) is 4.47 Å². The smallest absolute Gasteiger partial charge is 0.172 e. The average molecular weight is 452 g/mol. The molecule has 2 aromatic heterocycles. The second kappa shape index (κ2) is 7.99. The van der Waals surface area contributed by atoms with E-state index in [1.54, 1.807) is 36.2 Å². The highest BCUT2D eigenvalue weighted by molar-refractivity contribution is 9.10. The van der Waals surface area contributed by atoms with Gasteiger partial charge in [-0.15, -0.1) is 0 Å². The number of halogens is 3. The second-order valence-corrected chi connectivity index (χ2v) is 6.77. The third kappa shape index (κ3) is 3.65. The van der Waals surface area contributed by atoms with Crippen molar-refractivity contribution in [3.8, 4) is 11.3 Å². The van der Waals surface area contributed by atoms with Crippen LogP contribution in [-0.4, -0.2) is 34.6 Å². The van der Waals surface area contributed by atoms with Crippen LogP contribution in [0.1, 0.15) is 0 Å². The normalized spacial score (nSPS) is 12.1. The molecule has 0 unspecified atom stereocenters. The number of rotatable bonds is 5. The van der Waals surface area contributed by atoms with E-state index in [0.29, 0.717) is 38.5 Å². The standard InChI is InChI=1S/C17H13BrCl2N6/c1-21-7-10(8-22-2)24-15-6-14(11-4-3-5-13(19)16(11)20)25-17-12(18)9-23-26(15)17/h3-9,24H,1H2,2H3/b10-7+,22-8?. The molecule has 0 atom stereocenters. The first-order valence-corrected chi connectivity index (χ1v) is 8.94. The Bertz CT molecular complexity index is 1040. The van der Waals surface area contributed by atoms with Gasteiger partial charge in [-0.25, -0.2) is 4.98 Å². The molecule has 0 aliphatic rings. The maximum Gasteiger partial charge on any atom is 0.172 e. The topological polar surface area (TPSA) is 66.9 Å². The first-order valence-electron chi connectivity index (χ1n) is 7.39. The number of hydrogen-bond acceptors (Lipinski definition) is 5. The largest absolute Gasteiger partial charge is 0.338 e. The van der Waals surface area contributed by atoms with Gasteiger partial charge in [0.1, 0.15) is 5.82 Å². The van der Waals surface area contributed by atoms with Crippen molar-refractivity contribution >= 4 is 63.5 Å². The predicted molar refractivity (Wildman–Crippen MR) is 112 cm³/mol. The monoisotopic (exact) mass is 450 g/mol. The van der Waals surface area contributed by atoms with E-state index in [9.17, 15) is 0 Å². The Labute approximate surface area is 168 Å². The number of fused-ring (bicyclic) bond motifs is 1. The van der Waals surface area contributed by atoms with Gasteiger partial charge in [-0.3, -0.25) is 9.98 Å². The molecule has 0 spiro atoms. The van der Waals surface area contributed by atoms with Crippen molar-refractivity contribution in [1.29, 1.82) is 0 Å². The zero-order valence-electron chi connectivity index (χ0n) is 13.6. The summed E-state index contributed by atoms with van der Waals surface area (Å²) >= 11 is 16.0. The Balaban J connectivity index is 2.21. The van der Waals surface area contributed by atoms with Crippen LogP contribution in [-0.2, 0) is 0 Å². The van der Waals surface area contributed by atoms with E-state index >= 15 is 0 Å². The van der Waals surface area contributed by atoms with Gasteiger partial charge < -0.3 is 5.32 Å². The van der Waals surface area contributed by atoms with Crippen LogP contribution in [0.15, 0.2) is 56.8 Å². The fraction of sp³-hybridized carbons (Fsp3) is 0.0588. The number of anilines is 1. The van der Waals surface area contributed by atoms with Crippen LogP contribution < -0.4 is 5.32 Å². The molecule has 6 nitrogen and oxygen atoms in total. The Morgan fingerprint density at radius 3 is 2.92 bits per heavy atom. The number of allylic oxidation sites excluding steroid dienone is 1. The van der Waals surface area contributed by atoms with Crippen molar-refractivity contribution in [3.05, 3.63) is 56.9 Å². The second-order valence-electron chi connectivity index (χ2n) is 5.14. The van der Waals surface area contributed by atoms with Crippen LogP contribution in [0, 0.1) is 0 Å². The molecule has 132 valence electrons. The number of aliphatic imine (C=N–C) groups is 2. The number of nitrogens with zero attached hydrogens (tertiary/aromatic N) is 5. The van der Waals surface area contributed by atoms with Gasteiger partial charge in [0.05, 0.1) is 38.3 Å². The lowest BCUT2D eigenvalue weighted by molar-refractivity contribution is 0.946. The van der Waals surface area contributed by atoms with Crippen LogP contribution in [0.2, 0.25) is 10.0 Å². The van der Waals surface area contributed by atoms with Crippen molar-refractivity contribution < 1.29 is 0 Å². The van der Waals surface area contributed by atoms with Crippen LogP contribution in [0.3, 0.4) is 0 Å². The Hall–Kier alpha value is -2.22. The van der Waals surface area contributed by atoms with E-state index in [2.05, 4.69) is 48.0 Å². The molecule has 0 fully saturated rings. The summed E-state index contributed by atoms with van der Waals surface area (Å²) in [5, 5.41) is 8.45. The molecule has 0 radical (unpaired) electrons. The Morgan fingerprint density at radius 1 is 1.38 bits per heavy atom. The van der Waals surface area contributed by atoms with Crippen molar-refractivity contribution in [2.24, 2.45) is 9.98 Å². The molecule has 0 saturated carbocycles. The Morgan fingerprint density at radius 2 is 2.19 bits per heavy atom.